The van der Waals surface area contributed by atoms with Gasteiger partial charge in [0.25, 0.3) is 0 Å². The molecule has 1 rings (SSSR count). The van der Waals surface area contributed by atoms with Crippen LogP contribution in [0.3, 0.4) is 0 Å². The fourth-order valence-electron chi connectivity index (χ4n) is 2.15. The lowest BCUT2D eigenvalue weighted by molar-refractivity contribution is -0.148. The Balaban J connectivity index is 3.05. The van der Waals surface area contributed by atoms with E-state index in [9.17, 15) is 4.79 Å². The van der Waals surface area contributed by atoms with Gasteiger partial charge in [0.15, 0.2) is 0 Å². The van der Waals surface area contributed by atoms with Gasteiger partial charge >= 0.3 is 5.97 Å². The van der Waals surface area contributed by atoms with Crippen molar-refractivity contribution in [2.45, 2.75) is 19.9 Å². The summed E-state index contributed by atoms with van der Waals surface area (Å²) < 4.78 is 4.90. The van der Waals surface area contributed by atoms with Gasteiger partial charge in [0.1, 0.15) is 0 Å². The zero-order valence-electron chi connectivity index (χ0n) is 11.2. The monoisotopic (exact) mass is 269 g/mol. The van der Waals surface area contributed by atoms with Crippen LogP contribution in [-0.4, -0.2) is 20.1 Å². The number of halogens is 1. The first kappa shape index (κ1) is 15.0. The lowest BCUT2D eigenvalue weighted by atomic mass is 9.84. The maximum absolute atomic E-state index is 11.9. The number of ether oxygens (including phenoxy) is 1. The van der Waals surface area contributed by atoms with Crippen LogP contribution < -0.4 is 5.32 Å². The van der Waals surface area contributed by atoms with E-state index in [1.807, 2.05) is 45.2 Å². The molecule has 0 fully saturated rings. The normalized spacial score (nSPS) is 14.3. The summed E-state index contributed by atoms with van der Waals surface area (Å²) in [4.78, 5) is 11.9. The average molecular weight is 270 g/mol. The average Bonchev–Trinajstić information content (AvgIpc) is 2.35. The Kier molecular flexibility index (Phi) is 5.63. The summed E-state index contributed by atoms with van der Waals surface area (Å²) in [7, 11) is 3.27. The molecule has 1 aromatic carbocycles. The van der Waals surface area contributed by atoms with Gasteiger partial charge in [0.2, 0.25) is 0 Å². The Hall–Kier alpha value is -1.06. The molecular weight excluding hydrogens is 250 g/mol. The molecule has 2 unspecified atom stereocenters. The van der Waals surface area contributed by atoms with E-state index in [-0.39, 0.29) is 23.8 Å². The largest absolute Gasteiger partial charge is 0.469 e. The molecule has 0 saturated carbocycles. The predicted molar refractivity (Wildman–Crippen MR) is 73.6 cm³/mol. The van der Waals surface area contributed by atoms with E-state index in [4.69, 9.17) is 16.3 Å². The molecule has 3 nitrogen and oxygen atoms in total. The molecule has 0 aliphatic heterocycles. The molecule has 0 amide bonds. The minimum Gasteiger partial charge on any atom is -0.469 e. The van der Waals surface area contributed by atoms with Crippen molar-refractivity contribution >= 4 is 17.6 Å². The van der Waals surface area contributed by atoms with Gasteiger partial charge in [-0.2, -0.15) is 0 Å². The number of carbonyl (C=O) groups is 1. The molecule has 0 spiro atoms. The van der Waals surface area contributed by atoms with Gasteiger partial charge in [-0.05, 0) is 30.7 Å². The zero-order valence-corrected chi connectivity index (χ0v) is 12.0. The quantitative estimate of drug-likeness (QED) is 0.835. The summed E-state index contributed by atoms with van der Waals surface area (Å²) in [6.45, 7) is 4.03. The second kappa shape index (κ2) is 6.76. The minimum atomic E-state index is -0.221. The lowest BCUT2D eigenvalue weighted by Crippen LogP contribution is -2.35. The van der Waals surface area contributed by atoms with E-state index >= 15 is 0 Å². The third-order valence-corrected chi connectivity index (χ3v) is 3.34. The van der Waals surface area contributed by atoms with Crippen molar-refractivity contribution in [2.75, 3.05) is 14.2 Å². The second-order valence-electron chi connectivity index (χ2n) is 4.61. The summed E-state index contributed by atoms with van der Waals surface area (Å²) in [6.07, 6.45) is 0. The van der Waals surface area contributed by atoms with Crippen molar-refractivity contribution in [2.24, 2.45) is 11.8 Å². The zero-order chi connectivity index (χ0) is 13.7. The van der Waals surface area contributed by atoms with Crippen molar-refractivity contribution in [1.29, 1.82) is 0 Å². The number of methoxy groups -OCH3 is 1. The topological polar surface area (TPSA) is 38.3 Å². The van der Waals surface area contributed by atoms with Crippen LogP contribution in [0, 0.1) is 11.8 Å². The lowest BCUT2D eigenvalue weighted by Gasteiger charge is -2.28. The van der Waals surface area contributed by atoms with E-state index < -0.39 is 0 Å². The van der Waals surface area contributed by atoms with Gasteiger partial charge in [0, 0.05) is 11.1 Å². The molecule has 0 aliphatic rings. The first-order valence-electron chi connectivity index (χ1n) is 6.01. The van der Waals surface area contributed by atoms with Gasteiger partial charge in [0.05, 0.1) is 13.0 Å². The first-order valence-corrected chi connectivity index (χ1v) is 6.39. The molecule has 1 N–H and O–H groups in total. The third kappa shape index (κ3) is 3.47. The van der Waals surface area contributed by atoms with E-state index in [1.165, 1.54) is 7.11 Å². The maximum atomic E-state index is 11.9. The highest BCUT2D eigenvalue weighted by Crippen LogP contribution is 2.29. The van der Waals surface area contributed by atoms with E-state index in [0.717, 1.165) is 5.56 Å². The first-order chi connectivity index (χ1) is 8.51. The standard InChI is InChI=1S/C14H20ClNO2/c1-9(2)12(14(17)18-4)13(16-3)10-5-7-11(15)8-6-10/h5-9,12-13,16H,1-4H3. The molecule has 1 aromatic rings. The van der Waals surface area contributed by atoms with Crippen molar-refractivity contribution in [3.8, 4) is 0 Å². The van der Waals surface area contributed by atoms with Gasteiger partial charge in [-0.15, -0.1) is 0 Å². The summed E-state index contributed by atoms with van der Waals surface area (Å²) >= 11 is 5.88. The predicted octanol–water partition coefficient (Wildman–Crippen LogP) is 3.05. The van der Waals surface area contributed by atoms with Crippen molar-refractivity contribution in [1.82, 2.24) is 5.32 Å². The van der Waals surface area contributed by atoms with Crippen LogP contribution in [0.2, 0.25) is 5.02 Å². The van der Waals surface area contributed by atoms with Crippen LogP contribution in [0.15, 0.2) is 24.3 Å². The maximum Gasteiger partial charge on any atom is 0.310 e. The number of rotatable bonds is 5. The van der Waals surface area contributed by atoms with Crippen molar-refractivity contribution < 1.29 is 9.53 Å². The number of benzene rings is 1. The van der Waals surface area contributed by atoms with E-state index in [0.29, 0.717) is 5.02 Å². The molecule has 18 heavy (non-hydrogen) atoms. The van der Waals surface area contributed by atoms with E-state index in [1.54, 1.807) is 0 Å². The Bertz CT molecular complexity index is 389. The molecular formula is C14H20ClNO2. The van der Waals surface area contributed by atoms with Gasteiger partial charge in [-0.3, -0.25) is 4.79 Å². The van der Waals surface area contributed by atoms with Crippen LogP contribution >= 0.6 is 11.6 Å². The van der Waals surface area contributed by atoms with Crippen molar-refractivity contribution in [3.05, 3.63) is 34.9 Å². The Morgan fingerprint density at radius 2 is 1.83 bits per heavy atom. The molecule has 0 aliphatic carbocycles. The number of nitrogens with one attached hydrogen (secondary N) is 1. The highest BCUT2D eigenvalue weighted by atomic mass is 35.5. The molecule has 0 saturated heterocycles. The van der Waals surface area contributed by atoms with Crippen LogP contribution in [0.5, 0.6) is 0 Å². The minimum absolute atomic E-state index is 0.0743. The molecule has 4 heteroatoms. The molecule has 100 valence electrons. The number of esters is 1. The summed E-state index contributed by atoms with van der Waals surface area (Å²) in [5.41, 5.74) is 1.03. The molecule has 0 aromatic heterocycles. The second-order valence-corrected chi connectivity index (χ2v) is 5.05. The van der Waals surface area contributed by atoms with Gasteiger partial charge < -0.3 is 10.1 Å². The summed E-state index contributed by atoms with van der Waals surface area (Å²) in [6, 6.07) is 7.45. The molecule has 0 heterocycles. The SMILES string of the molecule is CNC(c1ccc(Cl)cc1)C(C(=O)OC)C(C)C. The molecule has 0 radical (unpaired) electrons. The molecule has 0 bridgehead atoms. The van der Waals surface area contributed by atoms with Crippen LogP contribution in [0.4, 0.5) is 0 Å². The van der Waals surface area contributed by atoms with Crippen LogP contribution in [0.25, 0.3) is 0 Å². The highest BCUT2D eigenvalue weighted by Gasteiger charge is 2.32. The van der Waals surface area contributed by atoms with Gasteiger partial charge in [-0.1, -0.05) is 37.6 Å². The molecule has 2 atom stereocenters. The Morgan fingerprint density at radius 3 is 2.22 bits per heavy atom. The van der Waals surface area contributed by atoms with E-state index in [2.05, 4.69) is 5.32 Å². The van der Waals surface area contributed by atoms with Crippen molar-refractivity contribution in [3.63, 3.8) is 0 Å². The highest BCUT2D eigenvalue weighted by molar-refractivity contribution is 6.30. The third-order valence-electron chi connectivity index (χ3n) is 3.09. The Labute approximate surface area is 113 Å². The number of hydrogen-bond acceptors (Lipinski definition) is 3. The fourth-order valence-corrected chi connectivity index (χ4v) is 2.28. The van der Waals surface area contributed by atoms with Crippen LogP contribution in [-0.2, 0) is 9.53 Å². The summed E-state index contributed by atoms with van der Waals surface area (Å²) in [5.74, 6) is -0.231. The Morgan fingerprint density at radius 1 is 1.28 bits per heavy atom. The fraction of sp³-hybridized carbons (Fsp3) is 0.500. The summed E-state index contributed by atoms with van der Waals surface area (Å²) in [5, 5.41) is 3.88. The smallest absolute Gasteiger partial charge is 0.310 e. The van der Waals surface area contributed by atoms with Crippen LogP contribution in [0.1, 0.15) is 25.5 Å². The van der Waals surface area contributed by atoms with Gasteiger partial charge in [-0.25, -0.2) is 0 Å². The number of carbonyl (C=O) groups excluding carboxylic acids is 1. The number of hydrogen-bond donors (Lipinski definition) is 1.